The minimum atomic E-state index is 0.425. The zero-order chi connectivity index (χ0) is 12.1. The lowest BCUT2D eigenvalue weighted by molar-refractivity contribution is -0.125. The average molecular weight is 236 g/mol. The average Bonchev–Trinajstić information content (AvgIpc) is 2.58. The van der Waals surface area contributed by atoms with Crippen molar-refractivity contribution in [1.29, 1.82) is 0 Å². The summed E-state index contributed by atoms with van der Waals surface area (Å²) in [6.45, 7) is 2.33. The van der Waals surface area contributed by atoms with Crippen molar-refractivity contribution in [3.8, 4) is 0 Å². The van der Waals surface area contributed by atoms with Crippen LogP contribution in [0.2, 0.25) is 0 Å². The topological polar surface area (TPSA) is 17.1 Å². The van der Waals surface area contributed by atoms with Crippen LogP contribution in [0.25, 0.3) is 0 Å². The molecule has 0 N–H and O–H groups in total. The van der Waals surface area contributed by atoms with E-state index in [9.17, 15) is 4.79 Å². The third-order valence-electron chi connectivity index (χ3n) is 4.94. The Bertz CT molecular complexity index is 230. The molecule has 17 heavy (non-hydrogen) atoms. The van der Waals surface area contributed by atoms with Crippen LogP contribution in [-0.4, -0.2) is 5.78 Å². The van der Waals surface area contributed by atoms with E-state index in [1.807, 2.05) is 0 Å². The maximum absolute atomic E-state index is 12.3. The van der Waals surface area contributed by atoms with Crippen molar-refractivity contribution in [1.82, 2.24) is 0 Å². The van der Waals surface area contributed by atoms with Crippen LogP contribution in [0.15, 0.2) is 0 Å². The number of hydrogen-bond acceptors (Lipinski definition) is 1. The summed E-state index contributed by atoms with van der Waals surface area (Å²) in [5.74, 6) is 2.61. The van der Waals surface area contributed by atoms with E-state index >= 15 is 0 Å². The van der Waals surface area contributed by atoms with Crippen LogP contribution in [0.3, 0.4) is 0 Å². The Balaban J connectivity index is 1.75. The summed E-state index contributed by atoms with van der Waals surface area (Å²) < 4.78 is 0. The maximum atomic E-state index is 12.3. The second kappa shape index (κ2) is 6.56. The molecule has 2 aliphatic rings. The Hall–Kier alpha value is -0.330. The molecule has 2 saturated carbocycles. The van der Waals surface area contributed by atoms with Crippen molar-refractivity contribution in [3.63, 3.8) is 0 Å². The quantitative estimate of drug-likeness (QED) is 0.647. The lowest BCUT2D eigenvalue weighted by Gasteiger charge is -2.26. The molecule has 1 heteroatoms. The van der Waals surface area contributed by atoms with Crippen LogP contribution < -0.4 is 0 Å². The molecule has 0 unspecified atom stereocenters. The van der Waals surface area contributed by atoms with Crippen molar-refractivity contribution in [2.45, 2.75) is 77.6 Å². The second-order valence-corrected chi connectivity index (χ2v) is 6.48. The zero-order valence-corrected chi connectivity index (χ0v) is 11.4. The predicted octanol–water partition coefficient (Wildman–Crippen LogP) is 4.74. The summed E-state index contributed by atoms with van der Waals surface area (Å²) in [7, 11) is 0. The summed E-state index contributed by atoms with van der Waals surface area (Å²) >= 11 is 0. The van der Waals surface area contributed by atoms with Crippen LogP contribution >= 0.6 is 0 Å². The molecule has 0 radical (unpaired) electrons. The minimum Gasteiger partial charge on any atom is -0.299 e. The Labute approximate surface area is 106 Å². The third-order valence-corrected chi connectivity index (χ3v) is 4.94. The molecule has 0 atom stereocenters. The number of ketones is 1. The normalized spacial score (nSPS) is 32.1. The molecule has 0 aromatic rings. The number of carbonyl (C=O) groups is 1. The molecular weight excluding hydrogens is 208 g/mol. The van der Waals surface area contributed by atoms with Gasteiger partial charge in [-0.1, -0.05) is 58.3 Å². The van der Waals surface area contributed by atoms with Gasteiger partial charge in [0.25, 0.3) is 0 Å². The number of hydrogen-bond donors (Lipinski definition) is 0. The van der Waals surface area contributed by atoms with Gasteiger partial charge in [0.15, 0.2) is 0 Å². The van der Waals surface area contributed by atoms with Gasteiger partial charge in [0.05, 0.1) is 0 Å². The first-order valence-electron chi connectivity index (χ1n) is 7.78. The monoisotopic (exact) mass is 236 g/mol. The van der Waals surface area contributed by atoms with E-state index in [1.165, 1.54) is 64.2 Å². The lowest BCUT2D eigenvalue weighted by atomic mass is 9.78. The fourth-order valence-corrected chi connectivity index (χ4v) is 3.60. The van der Waals surface area contributed by atoms with E-state index in [-0.39, 0.29) is 0 Å². The van der Waals surface area contributed by atoms with Gasteiger partial charge in [0, 0.05) is 12.3 Å². The smallest absolute Gasteiger partial charge is 0.136 e. The van der Waals surface area contributed by atoms with Gasteiger partial charge in [-0.25, -0.2) is 0 Å². The Morgan fingerprint density at radius 2 is 1.47 bits per heavy atom. The summed E-state index contributed by atoms with van der Waals surface area (Å²) in [6, 6.07) is 0. The van der Waals surface area contributed by atoms with Crippen LogP contribution in [0, 0.1) is 17.8 Å². The van der Waals surface area contributed by atoms with E-state index in [0.717, 1.165) is 18.3 Å². The second-order valence-electron chi connectivity index (χ2n) is 6.48. The molecule has 0 spiro atoms. The Morgan fingerprint density at radius 1 is 0.882 bits per heavy atom. The molecule has 0 amide bonds. The van der Waals surface area contributed by atoms with E-state index in [0.29, 0.717) is 11.7 Å². The standard InChI is InChI=1S/C16H28O/c1-13-8-10-15(11-9-13)16(17)12-14-6-4-2-3-5-7-14/h13-15H,2-12H2,1H3. The lowest BCUT2D eigenvalue weighted by Crippen LogP contribution is -2.22. The van der Waals surface area contributed by atoms with Crippen molar-refractivity contribution in [2.75, 3.05) is 0 Å². The van der Waals surface area contributed by atoms with Gasteiger partial charge in [-0.15, -0.1) is 0 Å². The molecule has 2 rings (SSSR count). The van der Waals surface area contributed by atoms with Gasteiger partial charge in [-0.2, -0.15) is 0 Å². The van der Waals surface area contributed by atoms with Crippen molar-refractivity contribution in [3.05, 3.63) is 0 Å². The third kappa shape index (κ3) is 4.12. The first kappa shape index (κ1) is 13.1. The van der Waals surface area contributed by atoms with Gasteiger partial charge in [-0.3, -0.25) is 4.79 Å². The number of Topliss-reactive ketones (excluding diaryl/α,β-unsaturated/α-hetero) is 1. The van der Waals surface area contributed by atoms with E-state index in [2.05, 4.69) is 6.92 Å². The highest BCUT2D eigenvalue weighted by atomic mass is 16.1. The molecule has 98 valence electrons. The van der Waals surface area contributed by atoms with Gasteiger partial charge in [-0.05, 0) is 24.7 Å². The fraction of sp³-hybridized carbons (Fsp3) is 0.938. The van der Waals surface area contributed by atoms with Crippen LogP contribution in [0.1, 0.15) is 77.6 Å². The summed E-state index contributed by atoms with van der Waals surface area (Å²) in [6.07, 6.45) is 13.9. The molecule has 0 bridgehead atoms. The zero-order valence-electron chi connectivity index (χ0n) is 11.4. The van der Waals surface area contributed by atoms with Crippen LogP contribution in [0.5, 0.6) is 0 Å². The molecule has 2 fully saturated rings. The Kier molecular flexibility index (Phi) is 5.06. The molecule has 2 aliphatic carbocycles. The van der Waals surface area contributed by atoms with Gasteiger partial charge < -0.3 is 0 Å². The predicted molar refractivity (Wildman–Crippen MR) is 71.9 cm³/mol. The number of rotatable bonds is 3. The largest absolute Gasteiger partial charge is 0.299 e. The van der Waals surface area contributed by atoms with E-state index in [1.54, 1.807) is 0 Å². The minimum absolute atomic E-state index is 0.425. The van der Waals surface area contributed by atoms with Crippen molar-refractivity contribution >= 4 is 5.78 Å². The fourth-order valence-electron chi connectivity index (χ4n) is 3.60. The summed E-state index contributed by atoms with van der Waals surface area (Å²) in [5.41, 5.74) is 0. The molecule has 0 saturated heterocycles. The molecule has 1 nitrogen and oxygen atoms in total. The molecule has 0 heterocycles. The molecule has 0 aliphatic heterocycles. The highest BCUT2D eigenvalue weighted by molar-refractivity contribution is 5.81. The van der Waals surface area contributed by atoms with E-state index < -0.39 is 0 Å². The maximum Gasteiger partial charge on any atom is 0.136 e. The van der Waals surface area contributed by atoms with E-state index in [4.69, 9.17) is 0 Å². The first-order chi connectivity index (χ1) is 8.25. The first-order valence-corrected chi connectivity index (χ1v) is 7.78. The summed E-state index contributed by atoms with van der Waals surface area (Å²) in [5, 5.41) is 0. The Morgan fingerprint density at radius 3 is 2.06 bits per heavy atom. The molecular formula is C16H28O. The van der Waals surface area contributed by atoms with Crippen molar-refractivity contribution < 1.29 is 4.79 Å². The highest BCUT2D eigenvalue weighted by Gasteiger charge is 2.26. The van der Waals surface area contributed by atoms with Gasteiger partial charge >= 0.3 is 0 Å². The number of carbonyl (C=O) groups excluding carboxylic acids is 1. The highest BCUT2D eigenvalue weighted by Crippen LogP contribution is 2.32. The van der Waals surface area contributed by atoms with Crippen molar-refractivity contribution in [2.24, 2.45) is 17.8 Å². The SMILES string of the molecule is CC1CCC(C(=O)CC2CCCCCC2)CC1. The van der Waals surface area contributed by atoms with Crippen LogP contribution in [-0.2, 0) is 4.79 Å². The molecule has 0 aromatic heterocycles. The van der Waals surface area contributed by atoms with Gasteiger partial charge in [0.1, 0.15) is 5.78 Å². The summed E-state index contributed by atoms with van der Waals surface area (Å²) in [4.78, 5) is 12.3. The molecule has 0 aromatic carbocycles. The van der Waals surface area contributed by atoms with Gasteiger partial charge in [0.2, 0.25) is 0 Å². The van der Waals surface area contributed by atoms with Crippen LogP contribution in [0.4, 0.5) is 0 Å².